The molecule has 2 heteroatoms. The Kier molecular flexibility index (Phi) is 8.02. The molecule has 0 radical (unpaired) electrons. The van der Waals surface area contributed by atoms with E-state index in [0.29, 0.717) is 0 Å². The Morgan fingerprint density at radius 2 is 0.576 bits per heavy atom. The number of benzene rings is 12. The Balaban J connectivity index is 1.05. The fourth-order valence-corrected chi connectivity index (χ4v) is 11.4. The molecule has 0 unspecified atom stereocenters. The molecule has 0 saturated carbocycles. The lowest BCUT2D eigenvalue weighted by Crippen LogP contribution is -1.93. The number of rotatable bonds is 5. The number of hydrogen-bond acceptors (Lipinski definition) is 0. The molecule has 0 atom stereocenters. The van der Waals surface area contributed by atoms with Crippen LogP contribution in [-0.4, -0.2) is 9.13 Å². The minimum Gasteiger partial charge on any atom is -0.309 e. The summed E-state index contributed by atoms with van der Waals surface area (Å²) in [5.41, 5.74) is 14.6. The van der Waals surface area contributed by atoms with E-state index < -0.39 is 0 Å². The van der Waals surface area contributed by atoms with Gasteiger partial charge in [-0.25, -0.2) is 0 Å². The molecule has 2 heterocycles. The van der Waals surface area contributed by atoms with Crippen LogP contribution in [-0.2, 0) is 0 Å². The van der Waals surface area contributed by atoms with Gasteiger partial charge in [0.25, 0.3) is 0 Å². The maximum absolute atomic E-state index is 2.49. The van der Waals surface area contributed by atoms with Gasteiger partial charge in [0.15, 0.2) is 0 Å². The summed E-state index contributed by atoms with van der Waals surface area (Å²) < 4.78 is 4.82. The van der Waals surface area contributed by atoms with Gasteiger partial charge in [0.1, 0.15) is 0 Å². The molecule has 2 aromatic heterocycles. The second kappa shape index (κ2) is 14.4. The first-order valence-electron chi connectivity index (χ1n) is 22.9. The van der Waals surface area contributed by atoms with Crippen molar-refractivity contribution in [1.29, 1.82) is 0 Å². The number of fused-ring (bicyclic) bond motifs is 12. The molecule has 14 aromatic rings. The zero-order valence-electron chi connectivity index (χ0n) is 36.0. The van der Waals surface area contributed by atoms with E-state index in [-0.39, 0.29) is 0 Å². The van der Waals surface area contributed by atoms with Gasteiger partial charge in [-0.1, -0.05) is 188 Å². The van der Waals surface area contributed by atoms with E-state index in [1.807, 2.05) is 0 Å². The fraction of sp³-hybridized carbons (Fsp3) is 0. The number of nitrogens with zero attached hydrogens (tertiary/aromatic N) is 2. The zero-order chi connectivity index (χ0) is 43.3. The van der Waals surface area contributed by atoms with Gasteiger partial charge in [-0.05, 0) is 131 Å². The van der Waals surface area contributed by atoms with Gasteiger partial charge in [0.2, 0.25) is 0 Å². The fourth-order valence-electron chi connectivity index (χ4n) is 11.4. The van der Waals surface area contributed by atoms with Crippen molar-refractivity contribution < 1.29 is 0 Å². The molecule has 14 rings (SSSR count). The van der Waals surface area contributed by atoms with E-state index >= 15 is 0 Å². The topological polar surface area (TPSA) is 9.86 Å². The van der Waals surface area contributed by atoms with Gasteiger partial charge in [0.05, 0.1) is 22.1 Å². The quantitative estimate of drug-likeness (QED) is 0.153. The predicted molar refractivity (Wildman–Crippen MR) is 281 cm³/mol. The molecule has 0 bridgehead atoms. The zero-order valence-corrected chi connectivity index (χ0v) is 36.0. The standard InChI is InChI=1S/C64H40N2/c1-4-18-41(19-5-1)62-52-32-16-28-46(44-26-14-30-50-48(44)36-38-60-63(50)54-24-10-12-34-58(54)65(60)42-20-6-2-7-21-42)56(52)40-57-47(29-17-33-53(57)62)45-27-15-31-51-49(45)37-39-61-64(51)55-25-11-13-35-59(55)66(61)43-22-8-3-9-23-43/h1-40H. The molecule has 0 aliphatic heterocycles. The molecular weight excluding hydrogens is 797 g/mol. The molecule has 66 heavy (non-hydrogen) atoms. The van der Waals surface area contributed by atoms with Gasteiger partial charge in [-0.2, -0.15) is 0 Å². The predicted octanol–water partition coefficient (Wildman–Crippen LogP) is 17.5. The highest BCUT2D eigenvalue weighted by atomic mass is 15.0. The van der Waals surface area contributed by atoms with Crippen LogP contribution >= 0.6 is 0 Å². The molecule has 0 aliphatic rings. The highest BCUT2D eigenvalue weighted by molar-refractivity contribution is 6.27. The van der Waals surface area contributed by atoms with Gasteiger partial charge >= 0.3 is 0 Å². The van der Waals surface area contributed by atoms with Gasteiger partial charge in [-0.3, -0.25) is 0 Å². The average molecular weight is 837 g/mol. The second-order valence-electron chi connectivity index (χ2n) is 17.5. The van der Waals surface area contributed by atoms with Crippen molar-refractivity contribution in [1.82, 2.24) is 9.13 Å². The van der Waals surface area contributed by atoms with Crippen LogP contribution in [0, 0.1) is 0 Å². The van der Waals surface area contributed by atoms with E-state index in [4.69, 9.17) is 0 Å². The normalized spacial score (nSPS) is 11.9. The summed E-state index contributed by atoms with van der Waals surface area (Å²) in [5, 5.41) is 15.1. The minimum absolute atomic E-state index is 1.17. The lowest BCUT2D eigenvalue weighted by molar-refractivity contribution is 1.18. The molecule has 0 aliphatic carbocycles. The Labute approximate surface area is 381 Å². The Morgan fingerprint density at radius 3 is 1.03 bits per heavy atom. The van der Waals surface area contributed by atoms with Crippen molar-refractivity contribution in [3.63, 3.8) is 0 Å². The summed E-state index contributed by atoms with van der Waals surface area (Å²) >= 11 is 0. The third-order valence-electron chi connectivity index (χ3n) is 14.1. The average Bonchev–Trinajstić information content (AvgIpc) is 3.92. The molecular formula is C64H40N2. The Morgan fingerprint density at radius 1 is 0.212 bits per heavy atom. The van der Waals surface area contributed by atoms with Crippen LogP contribution in [0.2, 0.25) is 0 Å². The molecule has 0 N–H and O–H groups in total. The van der Waals surface area contributed by atoms with Gasteiger partial charge in [-0.15, -0.1) is 0 Å². The van der Waals surface area contributed by atoms with Crippen molar-refractivity contribution in [2.45, 2.75) is 0 Å². The molecule has 0 saturated heterocycles. The van der Waals surface area contributed by atoms with Gasteiger partial charge < -0.3 is 9.13 Å². The van der Waals surface area contributed by atoms with Crippen molar-refractivity contribution in [2.24, 2.45) is 0 Å². The van der Waals surface area contributed by atoms with Crippen LogP contribution in [0.5, 0.6) is 0 Å². The minimum atomic E-state index is 1.17. The second-order valence-corrected chi connectivity index (χ2v) is 17.5. The summed E-state index contributed by atoms with van der Waals surface area (Å²) in [6, 6.07) is 89.5. The third-order valence-corrected chi connectivity index (χ3v) is 14.1. The summed E-state index contributed by atoms with van der Waals surface area (Å²) in [7, 11) is 0. The Hall–Kier alpha value is -8.72. The lowest BCUT2D eigenvalue weighted by Gasteiger charge is -2.19. The summed E-state index contributed by atoms with van der Waals surface area (Å²) in [4.78, 5) is 0. The third kappa shape index (κ3) is 5.30. The molecule has 0 amide bonds. The molecule has 306 valence electrons. The van der Waals surface area contributed by atoms with Crippen LogP contribution in [0.3, 0.4) is 0 Å². The monoisotopic (exact) mass is 836 g/mol. The van der Waals surface area contributed by atoms with Crippen LogP contribution in [0.15, 0.2) is 243 Å². The largest absolute Gasteiger partial charge is 0.309 e. The van der Waals surface area contributed by atoms with E-state index in [2.05, 4.69) is 252 Å². The van der Waals surface area contributed by atoms with Crippen LogP contribution in [0.1, 0.15) is 0 Å². The summed E-state index contributed by atoms with van der Waals surface area (Å²) in [5.74, 6) is 0. The van der Waals surface area contributed by atoms with E-state index in [0.717, 1.165) is 0 Å². The molecule has 2 nitrogen and oxygen atoms in total. The lowest BCUT2D eigenvalue weighted by atomic mass is 9.85. The van der Waals surface area contributed by atoms with Crippen LogP contribution in [0.25, 0.3) is 131 Å². The van der Waals surface area contributed by atoms with Crippen molar-refractivity contribution in [3.8, 4) is 44.8 Å². The molecule has 0 fully saturated rings. The molecule has 0 spiro atoms. The first-order valence-corrected chi connectivity index (χ1v) is 22.9. The van der Waals surface area contributed by atoms with E-state index in [9.17, 15) is 0 Å². The van der Waals surface area contributed by atoms with Crippen LogP contribution < -0.4 is 0 Å². The van der Waals surface area contributed by atoms with Crippen molar-refractivity contribution in [2.75, 3.05) is 0 Å². The first-order chi connectivity index (χ1) is 32.8. The van der Waals surface area contributed by atoms with Crippen molar-refractivity contribution >= 4 is 86.7 Å². The maximum Gasteiger partial charge on any atom is 0.0547 e. The highest BCUT2D eigenvalue weighted by Gasteiger charge is 2.21. The number of para-hydroxylation sites is 4. The highest BCUT2D eigenvalue weighted by Crippen LogP contribution is 2.47. The first kappa shape index (κ1) is 36.7. The SMILES string of the molecule is c1ccc(-c2c3cccc(-c4cccc5c4ccc4c5c5ccccc5n4-c4ccccc4)c3cc3c(-c4cccc5c4ccc4c5c5ccccc5n4-c4ccccc4)cccc23)cc1. The van der Waals surface area contributed by atoms with Crippen LogP contribution in [0.4, 0.5) is 0 Å². The summed E-state index contributed by atoms with van der Waals surface area (Å²) in [6.45, 7) is 0. The summed E-state index contributed by atoms with van der Waals surface area (Å²) in [6.07, 6.45) is 0. The van der Waals surface area contributed by atoms with Crippen molar-refractivity contribution in [3.05, 3.63) is 243 Å². The number of aromatic nitrogens is 2. The molecule has 12 aromatic carbocycles. The Bertz CT molecular complexity index is 4000. The van der Waals surface area contributed by atoms with E-state index in [1.165, 1.54) is 131 Å². The van der Waals surface area contributed by atoms with Gasteiger partial charge in [0, 0.05) is 32.9 Å². The van der Waals surface area contributed by atoms with E-state index in [1.54, 1.807) is 0 Å². The number of hydrogen-bond donors (Lipinski definition) is 0. The maximum atomic E-state index is 2.49. The smallest absolute Gasteiger partial charge is 0.0547 e.